The van der Waals surface area contributed by atoms with Crippen molar-refractivity contribution in [3.63, 3.8) is 0 Å². The Labute approximate surface area is 215 Å². The minimum Gasteiger partial charge on any atom is -0.508 e. The van der Waals surface area contributed by atoms with E-state index in [9.17, 15) is 15.0 Å². The molecule has 0 aliphatic rings. The molecule has 4 aromatic rings. The van der Waals surface area contributed by atoms with Crippen LogP contribution in [0.15, 0.2) is 72.9 Å². The second-order valence-electron chi connectivity index (χ2n) is 8.94. The topological polar surface area (TPSA) is 113 Å². The lowest BCUT2D eigenvalue weighted by Gasteiger charge is -2.17. The average molecular weight is 505 g/mol. The fraction of sp³-hybridized carbons (Fsp3) is 0.276. The number of aromatic nitrogens is 1. The van der Waals surface area contributed by atoms with E-state index in [0.717, 1.165) is 34.2 Å². The molecule has 0 saturated heterocycles. The van der Waals surface area contributed by atoms with Gasteiger partial charge in [-0.1, -0.05) is 24.3 Å². The third-order valence-electron chi connectivity index (χ3n) is 6.04. The quantitative estimate of drug-likeness (QED) is 0.214. The molecule has 0 aliphatic heterocycles. The predicted molar refractivity (Wildman–Crippen MR) is 141 cm³/mol. The molecule has 194 valence electrons. The number of nitrogens with one attached hydrogen (secondary N) is 2. The van der Waals surface area contributed by atoms with Crippen molar-refractivity contribution in [2.24, 2.45) is 0 Å². The Morgan fingerprint density at radius 1 is 1.03 bits per heavy atom. The number of phenolic OH excluding ortho intramolecular Hbond substituents is 1. The molecule has 1 heterocycles. The summed E-state index contributed by atoms with van der Waals surface area (Å²) in [5.74, 6) is 1.16. The fourth-order valence-corrected chi connectivity index (χ4v) is 4.02. The number of aromatic hydroxyl groups is 1. The van der Waals surface area contributed by atoms with Gasteiger partial charge < -0.3 is 34.7 Å². The van der Waals surface area contributed by atoms with Crippen molar-refractivity contribution in [3.8, 4) is 17.2 Å². The molecule has 4 rings (SSSR count). The van der Waals surface area contributed by atoms with E-state index in [1.807, 2.05) is 30.5 Å². The highest BCUT2D eigenvalue weighted by Crippen LogP contribution is 2.28. The fourth-order valence-electron chi connectivity index (χ4n) is 4.02. The molecule has 2 unspecified atom stereocenters. The Bertz CT molecular complexity index is 1300. The first-order valence-corrected chi connectivity index (χ1v) is 12.1. The minimum atomic E-state index is -0.666. The number of para-hydroxylation sites is 1. The monoisotopic (exact) mass is 504 g/mol. The van der Waals surface area contributed by atoms with Gasteiger partial charge in [-0.25, -0.2) is 4.79 Å². The number of aromatic amines is 1. The lowest BCUT2D eigenvalue weighted by atomic mass is 10.1. The molecule has 8 heteroatoms. The van der Waals surface area contributed by atoms with E-state index in [1.165, 1.54) is 7.11 Å². The Balaban J connectivity index is 1.29. The molecular weight excluding hydrogens is 472 g/mol. The highest BCUT2D eigenvalue weighted by Gasteiger charge is 2.13. The molecule has 0 fully saturated rings. The lowest BCUT2D eigenvalue weighted by molar-refractivity contribution is 0.0600. The van der Waals surface area contributed by atoms with Crippen LogP contribution in [0.2, 0.25) is 0 Å². The summed E-state index contributed by atoms with van der Waals surface area (Å²) in [4.78, 5) is 14.9. The maximum atomic E-state index is 11.6. The second kappa shape index (κ2) is 12.3. The number of aliphatic hydroxyl groups is 1. The van der Waals surface area contributed by atoms with Crippen LogP contribution in [0.4, 0.5) is 0 Å². The standard InChI is InChI=1S/C29H32N2O6/c1-19(30-16-24(33)18-36-25-12-10-23(32)11-13-25)14-22-15-31-28-26(22)4-3-5-27(28)37-17-20-6-8-21(9-7-20)29(34)35-2/h3-13,15,19,24,30-33H,14,16-18H2,1-2H3. The summed E-state index contributed by atoms with van der Waals surface area (Å²) in [7, 11) is 1.36. The number of fused-ring (bicyclic) bond motifs is 1. The van der Waals surface area contributed by atoms with Crippen molar-refractivity contribution >= 4 is 16.9 Å². The maximum absolute atomic E-state index is 11.6. The van der Waals surface area contributed by atoms with Gasteiger partial charge in [-0.15, -0.1) is 0 Å². The van der Waals surface area contributed by atoms with Crippen LogP contribution in [0.5, 0.6) is 17.2 Å². The average Bonchev–Trinajstić information content (AvgIpc) is 3.33. The van der Waals surface area contributed by atoms with Gasteiger partial charge in [0, 0.05) is 24.2 Å². The third-order valence-corrected chi connectivity index (χ3v) is 6.04. The van der Waals surface area contributed by atoms with E-state index in [2.05, 4.69) is 23.3 Å². The van der Waals surface area contributed by atoms with Gasteiger partial charge in [-0.3, -0.25) is 0 Å². The Morgan fingerprint density at radius 3 is 2.51 bits per heavy atom. The van der Waals surface area contributed by atoms with Crippen LogP contribution in [0.3, 0.4) is 0 Å². The van der Waals surface area contributed by atoms with Crippen LogP contribution < -0.4 is 14.8 Å². The molecule has 0 radical (unpaired) electrons. The zero-order valence-corrected chi connectivity index (χ0v) is 20.9. The van der Waals surface area contributed by atoms with E-state index in [1.54, 1.807) is 36.4 Å². The largest absolute Gasteiger partial charge is 0.508 e. The van der Waals surface area contributed by atoms with Crippen molar-refractivity contribution in [3.05, 3.63) is 89.6 Å². The molecule has 4 N–H and O–H groups in total. The number of aliphatic hydroxyl groups excluding tert-OH is 1. The van der Waals surface area contributed by atoms with Gasteiger partial charge in [-0.2, -0.15) is 0 Å². The smallest absolute Gasteiger partial charge is 0.337 e. The summed E-state index contributed by atoms with van der Waals surface area (Å²) in [5.41, 5.74) is 3.53. The molecule has 2 atom stereocenters. The lowest BCUT2D eigenvalue weighted by Crippen LogP contribution is -2.37. The maximum Gasteiger partial charge on any atom is 0.337 e. The van der Waals surface area contributed by atoms with Crippen LogP contribution >= 0.6 is 0 Å². The zero-order valence-electron chi connectivity index (χ0n) is 20.9. The number of ether oxygens (including phenoxy) is 3. The molecule has 1 aromatic heterocycles. The summed E-state index contributed by atoms with van der Waals surface area (Å²) in [5, 5.41) is 24.1. The normalized spacial score (nSPS) is 12.7. The number of esters is 1. The summed E-state index contributed by atoms with van der Waals surface area (Å²) in [6, 6.07) is 19.6. The number of benzene rings is 3. The van der Waals surface area contributed by atoms with Crippen molar-refractivity contribution in [2.45, 2.75) is 32.1 Å². The van der Waals surface area contributed by atoms with Gasteiger partial charge >= 0.3 is 5.97 Å². The summed E-state index contributed by atoms with van der Waals surface area (Å²) < 4.78 is 16.4. The molecule has 3 aromatic carbocycles. The van der Waals surface area contributed by atoms with Gasteiger partial charge in [-0.05, 0) is 66.9 Å². The molecule has 0 spiro atoms. The number of methoxy groups -OCH3 is 1. The SMILES string of the molecule is COC(=O)c1ccc(COc2cccc3c(CC(C)NCC(O)COc4ccc(O)cc4)c[nH]c23)cc1. The van der Waals surface area contributed by atoms with E-state index in [0.29, 0.717) is 24.5 Å². The van der Waals surface area contributed by atoms with E-state index < -0.39 is 6.10 Å². The number of hydrogen-bond donors (Lipinski definition) is 4. The van der Waals surface area contributed by atoms with Gasteiger partial charge in [0.25, 0.3) is 0 Å². The Kier molecular flexibility index (Phi) is 8.66. The molecule has 8 nitrogen and oxygen atoms in total. The van der Waals surface area contributed by atoms with E-state index in [-0.39, 0.29) is 24.4 Å². The van der Waals surface area contributed by atoms with Gasteiger partial charge in [0.1, 0.15) is 36.6 Å². The van der Waals surface area contributed by atoms with Gasteiger partial charge in [0.15, 0.2) is 0 Å². The Hall–Kier alpha value is -4.01. The summed E-state index contributed by atoms with van der Waals surface area (Å²) in [6.45, 7) is 3.00. The predicted octanol–water partition coefficient (Wildman–Crippen LogP) is 4.20. The second-order valence-corrected chi connectivity index (χ2v) is 8.94. The number of H-pyrrole nitrogens is 1. The number of carbonyl (C=O) groups is 1. The molecule has 0 bridgehead atoms. The van der Waals surface area contributed by atoms with Crippen LogP contribution in [0.1, 0.15) is 28.4 Å². The number of rotatable bonds is 12. The van der Waals surface area contributed by atoms with Crippen LogP contribution in [-0.2, 0) is 17.8 Å². The molecular formula is C29H32N2O6. The first-order chi connectivity index (χ1) is 17.9. The highest BCUT2D eigenvalue weighted by atomic mass is 16.5. The number of hydrogen-bond acceptors (Lipinski definition) is 7. The summed E-state index contributed by atoms with van der Waals surface area (Å²) >= 11 is 0. The van der Waals surface area contributed by atoms with Crippen LogP contribution in [0, 0.1) is 0 Å². The zero-order chi connectivity index (χ0) is 26.2. The first kappa shape index (κ1) is 26.1. The minimum absolute atomic E-state index is 0.125. The molecule has 37 heavy (non-hydrogen) atoms. The third kappa shape index (κ3) is 7.03. The molecule has 0 amide bonds. The van der Waals surface area contributed by atoms with Crippen LogP contribution in [-0.4, -0.2) is 53.6 Å². The first-order valence-electron chi connectivity index (χ1n) is 12.1. The van der Waals surface area contributed by atoms with Crippen molar-refractivity contribution in [2.75, 3.05) is 20.3 Å². The van der Waals surface area contributed by atoms with Crippen molar-refractivity contribution in [1.82, 2.24) is 10.3 Å². The van der Waals surface area contributed by atoms with E-state index in [4.69, 9.17) is 14.2 Å². The molecule has 0 aliphatic carbocycles. The number of phenols is 1. The van der Waals surface area contributed by atoms with E-state index >= 15 is 0 Å². The van der Waals surface area contributed by atoms with Gasteiger partial charge in [0.05, 0.1) is 18.2 Å². The van der Waals surface area contributed by atoms with Gasteiger partial charge in [0.2, 0.25) is 0 Å². The summed E-state index contributed by atoms with van der Waals surface area (Å²) in [6.07, 6.45) is 2.09. The molecule has 0 saturated carbocycles. The van der Waals surface area contributed by atoms with Crippen molar-refractivity contribution < 1.29 is 29.2 Å². The highest BCUT2D eigenvalue weighted by molar-refractivity contribution is 5.89. The van der Waals surface area contributed by atoms with Crippen LogP contribution in [0.25, 0.3) is 10.9 Å². The Morgan fingerprint density at radius 2 is 1.78 bits per heavy atom. The van der Waals surface area contributed by atoms with Crippen molar-refractivity contribution in [1.29, 1.82) is 0 Å². The number of carbonyl (C=O) groups excluding carboxylic acids is 1.